The van der Waals surface area contributed by atoms with E-state index in [-0.39, 0.29) is 5.56 Å². The van der Waals surface area contributed by atoms with Crippen LogP contribution in [-0.2, 0) is 19.4 Å². The van der Waals surface area contributed by atoms with Crippen LogP contribution in [0.15, 0.2) is 59.6 Å². The van der Waals surface area contributed by atoms with Crippen molar-refractivity contribution < 1.29 is 19.8 Å². The van der Waals surface area contributed by atoms with Gasteiger partial charge < -0.3 is 14.8 Å². The molecule has 162 valence electrons. The smallest absolute Gasteiger partial charge is 0.336 e. The molecule has 3 rings (SSSR count). The summed E-state index contributed by atoms with van der Waals surface area (Å²) in [4.78, 5) is 27.9. The molecule has 0 saturated carbocycles. The molecule has 0 aliphatic carbocycles. The molecule has 0 spiro atoms. The van der Waals surface area contributed by atoms with Crippen molar-refractivity contribution >= 4 is 23.7 Å². The van der Waals surface area contributed by atoms with Gasteiger partial charge in [-0.15, -0.1) is 11.8 Å². The number of hydrogen-bond acceptors (Lipinski definition) is 4. The normalized spacial score (nSPS) is 10.9. The third kappa shape index (κ3) is 5.98. The minimum Gasteiger partial charge on any atom is -0.478 e. The van der Waals surface area contributed by atoms with Gasteiger partial charge in [0.25, 0.3) is 0 Å². The van der Waals surface area contributed by atoms with E-state index in [4.69, 9.17) is 5.11 Å². The average Bonchev–Trinajstić information content (AvgIpc) is 3.14. The predicted molar refractivity (Wildman–Crippen MR) is 121 cm³/mol. The summed E-state index contributed by atoms with van der Waals surface area (Å²) in [6.07, 6.45) is 5.68. The van der Waals surface area contributed by atoms with Gasteiger partial charge in [0.2, 0.25) is 0 Å². The predicted octanol–water partition coefficient (Wildman–Crippen LogP) is 5.01. The van der Waals surface area contributed by atoms with Crippen LogP contribution >= 0.6 is 11.8 Å². The van der Waals surface area contributed by atoms with Crippen molar-refractivity contribution in [3.05, 3.63) is 82.9 Å². The molecule has 1 heterocycles. The molecule has 0 radical (unpaired) electrons. The summed E-state index contributed by atoms with van der Waals surface area (Å²) in [5.74, 6) is -0.0895. The summed E-state index contributed by atoms with van der Waals surface area (Å²) in [7, 11) is 0. The van der Waals surface area contributed by atoms with Crippen molar-refractivity contribution in [2.24, 2.45) is 0 Å². The van der Waals surface area contributed by atoms with Crippen molar-refractivity contribution in [3.8, 4) is 0 Å². The van der Waals surface area contributed by atoms with Crippen molar-refractivity contribution in [2.75, 3.05) is 5.75 Å². The number of hydrogen-bond donors (Lipinski definition) is 2. The van der Waals surface area contributed by atoms with Gasteiger partial charge in [-0.2, -0.15) is 0 Å². The molecule has 6 nitrogen and oxygen atoms in total. The van der Waals surface area contributed by atoms with E-state index in [0.29, 0.717) is 12.1 Å². The van der Waals surface area contributed by atoms with Gasteiger partial charge >= 0.3 is 11.9 Å². The SMILES string of the molecule is CCCCc1ncc(CCSc2ccccc2C(=O)O)n1Cc1ccc(C(=O)O)cc1. The van der Waals surface area contributed by atoms with Gasteiger partial charge in [-0.25, -0.2) is 14.6 Å². The van der Waals surface area contributed by atoms with Crippen molar-refractivity contribution in [1.29, 1.82) is 0 Å². The van der Waals surface area contributed by atoms with E-state index < -0.39 is 11.9 Å². The highest BCUT2D eigenvalue weighted by atomic mass is 32.2. The Bertz CT molecular complexity index is 1040. The number of nitrogens with zero attached hydrogens (tertiary/aromatic N) is 2. The topological polar surface area (TPSA) is 92.4 Å². The Morgan fingerprint density at radius 1 is 1.00 bits per heavy atom. The van der Waals surface area contributed by atoms with E-state index in [2.05, 4.69) is 16.5 Å². The number of carboxylic acids is 2. The van der Waals surface area contributed by atoms with Crippen molar-refractivity contribution in [1.82, 2.24) is 9.55 Å². The fraction of sp³-hybridized carbons (Fsp3) is 0.292. The maximum atomic E-state index is 11.4. The molecular weight excluding hydrogens is 412 g/mol. The molecule has 0 unspecified atom stereocenters. The lowest BCUT2D eigenvalue weighted by Gasteiger charge is -2.13. The number of aromatic nitrogens is 2. The molecule has 7 heteroatoms. The number of aromatic carboxylic acids is 2. The Morgan fingerprint density at radius 3 is 2.42 bits per heavy atom. The maximum Gasteiger partial charge on any atom is 0.336 e. The third-order valence-corrected chi connectivity index (χ3v) is 6.12. The molecule has 0 saturated heterocycles. The highest BCUT2D eigenvalue weighted by molar-refractivity contribution is 7.99. The van der Waals surface area contributed by atoms with E-state index in [0.717, 1.165) is 53.4 Å². The van der Waals surface area contributed by atoms with Crippen LogP contribution in [0.2, 0.25) is 0 Å². The lowest BCUT2D eigenvalue weighted by Crippen LogP contribution is -2.10. The molecule has 1 aromatic heterocycles. The first kappa shape index (κ1) is 22.6. The van der Waals surface area contributed by atoms with Crippen LogP contribution in [0.3, 0.4) is 0 Å². The Hall–Kier alpha value is -3.06. The van der Waals surface area contributed by atoms with Gasteiger partial charge in [-0.3, -0.25) is 0 Å². The molecule has 2 N–H and O–H groups in total. The highest BCUT2D eigenvalue weighted by Gasteiger charge is 2.13. The largest absolute Gasteiger partial charge is 0.478 e. The van der Waals surface area contributed by atoms with Gasteiger partial charge in [0, 0.05) is 35.5 Å². The minimum absolute atomic E-state index is 0.273. The Balaban J connectivity index is 1.75. The zero-order chi connectivity index (χ0) is 22.2. The van der Waals surface area contributed by atoms with E-state index in [9.17, 15) is 14.7 Å². The quantitative estimate of drug-likeness (QED) is 0.409. The van der Waals surface area contributed by atoms with Crippen LogP contribution < -0.4 is 0 Å². The summed E-state index contributed by atoms with van der Waals surface area (Å²) < 4.78 is 2.20. The number of aryl methyl sites for hydroxylation is 2. The summed E-state index contributed by atoms with van der Waals surface area (Å²) in [5.41, 5.74) is 2.71. The molecule has 0 aliphatic rings. The molecular formula is C24H26N2O4S. The van der Waals surface area contributed by atoms with Gasteiger partial charge in [-0.05, 0) is 42.7 Å². The zero-order valence-electron chi connectivity index (χ0n) is 17.5. The van der Waals surface area contributed by atoms with E-state index in [1.165, 1.54) is 11.8 Å². The lowest BCUT2D eigenvalue weighted by molar-refractivity contribution is 0.0684. The van der Waals surface area contributed by atoms with E-state index in [1.54, 1.807) is 24.3 Å². The maximum absolute atomic E-state index is 11.4. The van der Waals surface area contributed by atoms with Crippen LogP contribution in [0, 0.1) is 0 Å². The average molecular weight is 439 g/mol. The molecule has 0 aliphatic heterocycles. The number of unbranched alkanes of at least 4 members (excludes halogenated alkanes) is 1. The second-order valence-corrected chi connectivity index (χ2v) is 8.39. The summed E-state index contributed by atoms with van der Waals surface area (Å²) in [5, 5.41) is 18.5. The zero-order valence-corrected chi connectivity index (χ0v) is 18.3. The van der Waals surface area contributed by atoms with Gasteiger partial charge in [0.1, 0.15) is 5.82 Å². The minimum atomic E-state index is -0.933. The Morgan fingerprint density at radius 2 is 1.74 bits per heavy atom. The Kier molecular flexibility index (Phi) is 7.89. The molecule has 3 aromatic rings. The first-order chi connectivity index (χ1) is 15.0. The molecule has 2 aromatic carbocycles. The summed E-state index contributed by atoms with van der Waals surface area (Å²) in [6, 6.07) is 14.0. The van der Waals surface area contributed by atoms with Crippen molar-refractivity contribution in [2.45, 2.75) is 44.0 Å². The van der Waals surface area contributed by atoms with Crippen LogP contribution in [0.5, 0.6) is 0 Å². The fourth-order valence-corrected chi connectivity index (χ4v) is 4.37. The molecule has 0 bridgehead atoms. The van der Waals surface area contributed by atoms with Gasteiger partial charge in [0.05, 0.1) is 11.1 Å². The van der Waals surface area contributed by atoms with Gasteiger partial charge in [0.15, 0.2) is 0 Å². The first-order valence-electron chi connectivity index (χ1n) is 10.3. The van der Waals surface area contributed by atoms with Crippen LogP contribution in [0.4, 0.5) is 0 Å². The van der Waals surface area contributed by atoms with Gasteiger partial charge in [-0.1, -0.05) is 37.6 Å². The number of carboxylic acid groups (broad SMARTS) is 2. The number of benzene rings is 2. The number of thioether (sulfide) groups is 1. The second kappa shape index (κ2) is 10.8. The van der Waals surface area contributed by atoms with Crippen LogP contribution in [-0.4, -0.2) is 37.5 Å². The Labute approximate surface area is 186 Å². The summed E-state index contributed by atoms with van der Waals surface area (Å²) >= 11 is 1.53. The summed E-state index contributed by atoms with van der Waals surface area (Å²) in [6.45, 7) is 2.78. The highest BCUT2D eigenvalue weighted by Crippen LogP contribution is 2.24. The first-order valence-corrected chi connectivity index (χ1v) is 11.3. The monoisotopic (exact) mass is 438 g/mol. The van der Waals surface area contributed by atoms with Crippen LogP contribution in [0.1, 0.15) is 57.6 Å². The fourth-order valence-electron chi connectivity index (χ4n) is 3.35. The molecule has 0 atom stereocenters. The third-order valence-electron chi connectivity index (χ3n) is 5.05. The van der Waals surface area contributed by atoms with E-state index in [1.807, 2.05) is 30.5 Å². The number of rotatable bonds is 11. The standard InChI is InChI=1S/C24H26N2O4S/c1-2-3-8-22-25-15-19(13-14-31-21-7-5-4-6-20(21)24(29)30)26(22)16-17-9-11-18(12-10-17)23(27)28/h4-7,9-12,15H,2-3,8,13-14,16H2,1H3,(H,27,28)(H,29,30). The molecule has 0 amide bonds. The van der Waals surface area contributed by atoms with E-state index >= 15 is 0 Å². The lowest BCUT2D eigenvalue weighted by atomic mass is 10.1. The van der Waals surface area contributed by atoms with Crippen molar-refractivity contribution in [3.63, 3.8) is 0 Å². The second-order valence-electron chi connectivity index (χ2n) is 7.26. The number of imidazole rings is 1. The molecule has 31 heavy (non-hydrogen) atoms. The molecule has 0 fully saturated rings. The number of carbonyl (C=O) groups is 2. The van der Waals surface area contributed by atoms with Crippen LogP contribution in [0.25, 0.3) is 0 Å².